The molecule has 1 N–H and O–H groups in total. The second-order valence-electron chi connectivity index (χ2n) is 7.10. The van der Waals surface area contributed by atoms with Crippen molar-refractivity contribution in [1.82, 2.24) is 19.9 Å². The number of imidazole rings is 1. The van der Waals surface area contributed by atoms with Gasteiger partial charge in [-0.3, -0.25) is 4.79 Å². The van der Waals surface area contributed by atoms with E-state index in [4.69, 9.17) is 9.72 Å². The summed E-state index contributed by atoms with van der Waals surface area (Å²) in [4.78, 5) is 20.8. The Morgan fingerprint density at radius 1 is 1.40 bits per heavy atom. The Morgan fingerprint density at radius 2 is 2.28 bits per heavy atom. The summed E-state index contributed by atoms with van der Waals surface area (Å²) in [5, 5.41) is 2.88. The third-order valence-electron chi connectivity index (χ3n) is 5.25. The number of ether oxygens (including phenoxy) is 1. The molecule has 0 aromatic carbocycles. The molecule has 2 aromatic rings. The second-order valence-corrected chi connectivity index (χ2v) is 7.10. The van der Waals surface area contributed by atoms with E-state index in [0.717, 1.165) is 29.6 Å². The number of amides is 1. The van der Waals surface area contributed by atoms with Gasteiger partial charge >= 0.3 is 0 Å². The lowest BCUT2D eigenvalue weighted by Crippen LogP contribution is -2.26. The van der Waals surface area contributed by atoms with Crippen LogP contribution in [0.3, 0.4) is 0 Å². The Kier molecular flexibility index (Phi) is 4.19. The Balaban J connectivity index is 1.69. The Hall–Kier alpha value is -2.37. The lowest BCUT2D eigenvalue weighted by molar-refractivity contribution is -0.119. The molecule has 3 heterocycles. The van der Waals surface area contributed by atoms with E-state index in [9.17, 15) is 4.79 Å². The fourth-order valence-electron chi connectivity index (χ4n) is 3.69. The molecule has 2 aliphatic rings. The van der Waals surface area contributed by atoms with Gasteiger partial charge in [0, 0.05) is 25.9 Å². The van der Waals surface area contributed by atoms with Gasteiger partial charge in [-0.15, -0.1) is 0 Å². The molecular formula is C19H24N4O2. The highest BCUT2D eigenvalue weighted by Crippen LogP contribution is 2.32. The molecular weight excluding hydrogens is 316 g/mol. The molecule has 1 aliphatic carbocycles. The van der Waals surface area contributed by atoms with Gasteiger partial charge in [0.25, 0.3) is 0 Å². The highest BCUT2D eigenvalue weighted by molar-refractivity contribution is 5.84. The number of carbonyl (C=O) groups is 1. The number of carbonyl (C=O) groups excluding carboxylic acids is 1. The first-order valence-corrected chi connectivity index (χ1v) is 9.06. The summed E-state index contributed by atoms with van der Waals surface area (Å²) in [6.07, 6.45) is 9.13. The normalized spacial score (nSPS) is 21.9. The molecule has 2 atom stereocenters. The number of fused-ring (bicyclic) bond motifs is 1. The summed E-state index contributed by atoms with van der Waals surface area (Å²) in [7, 11) is 1.95. The summed E-state index contributed by atoms with van der Waals surface area (Å²) >= 11 is 0. The maximum absolute atomic E-state index is 11.5. The number of nitrogens with one attached hydrogen (secondary N) is 1. The van der Waals surface area contributed by atoms with Crippen LogP contribution in [0.25, 0.3) is 16.6 Å². The Labute approximate surface area is 147 Å². The van der Waals surface area contributed by atoms with Gasteiger partial charge in [-0.2, -0.15) is 0 Å². The minimum absolute atomic E-state index is 0.0832. The minimum atomic E-state index is -0.0832. The van der Waals surface area contributed by atoms with Crippen molar-refractivity contribution >= 4 is 22.5 Å². The molecule has 0 saturated carbocycles. The van der Waals surface area contributed by atoms with E-state index in [1.54, 1.807) is 6.33 Å². The van der Waals surface area contributed by atoms with Crippen molar-refractivity contribution in [3.8, 4) is 5.88 Å². The molecule has 1 aliphatic heterocycles. The summed E-state index contributed by atoms with van der Waals surface area (Å²) in [5.41, 5.74) is 4.06. The number of aryl methyl sites for hydroxylation is 1. The van der Waals surface area contributed by atoms with Crippen LogP contribution in [-0.4, -0.2) is 33.1 Å². The monoisotopic (exact) mass is 340 g/mol. The molecule has 1 amide bonds. The third-order valence-corrected chi connectivity index (χ3v) is 5.25. The van der Waals surface area contributed by atoms with Gasteiger partial charge in [-0.05, 0) is 44.2 Å². The van der Waals surface area contributed by atoms with Crippen molar-refractivity contribution in [1.29, 1.82) is 0 Å². The minimum Gasteiger partial charge on any atom is -0.473 e. The van der Waals surface area contributed by atoms with Gasteiger partial charge in [0.05, 0.1) is 17.5 Å². The largest absolute Gasteiger partial charge is 0.473 e. The number of aromatic nitrogens is 3. The molecule has 0 spiro atoms. The van der Waals surface area contributed by atoms with Crippen molar-refractivity contribution in [2.45, 2.75) is 45.1 Å². The van der Waals surface area contributed by atoms with Gasteiger partial charge < -0.3 is 14.6 Å². The van der Waals surface area contributed by atoms with Gasteiger partial charge in [0.1, 0.15) is 11.6 Å². The third kappa shape index (κ3) is 3.13. The van der Waals surface area contributed by atoms with E-state index in [-0.39, 0.29) is 17.9 Å². The van der Waals surface area contributed by atoms with Crippen LogP contribution in [0, 0.1) is 5.92 Å². The summed E-state index contributed by atoms with van der Waals surface area (Å²) in [6, 6.07) is 2.06. The number of hydrogen-bond acceptors (Lipinski definition) is 4. The van der Waals surface area contributed by atoms with Gasteiger partial charge in [-0.25, -0.2) is 9.97 Å². The van der Waals surface area contributed by atoms with Crippen LogP contribution >= 0.6 is 0 Å². The van der Waals surface area contributed by atoms with E-state index in [1.807, 2.05) is 18.5 Å². The standard InChI is InChI=1S/C19H24N4O2/c1-12(14-8-17(24)20-10-14)25-19-18-16(21-11-23(18)2)9-15(22-19)13-6-4-3-5-7-13/h6,9,11-12,14H,3-5,7-8,10H2,1-2H3,(H,20,24)/t12?,14-/m1/s1. The van der Waals surface area contributed by atoms with E-state index < -0.39 is 0 Å². The zero-order valence-electron chi connectivity index (χ0n) is 14.8. The van der Waals surface area contributed by atoms with Gasteiger partial charge in [-0.1, -0.05) is 6.08 Å². The lowest BCUT2D eigenvalue weighted by atomic mass is 9.97. The van der Waals surface area contributed by atoms with E-state index in [0.29, 0.717) is 18.8 Å². The predicted octanol–water partition coefficient (Wildman–Crippen LogP) is 2.83. The fraction of sp³-hybridized carbons (Fsp3) is 0.526. The smallest absolute Gasteiger partial charge is 0.241 e. The zero-order valence-corrected chi connectivity index (χ0v) is 14.8. The molecule has 1 saturated heterocycles. The summed E-state index contributed by atoms with van der Waals surface area (Å²) < 4.78 is 8.19. The van der Waals surface area contributed by atoms with Crippen molar-refractivity contribution in [2.75, 3.05) is 6.54 Å². The SMILES string of the molecule is CC(Oc1nc(C2=CCCCC2)cc2ncn(C)c12)[C@H]1CNC(=O)C1. The first-order chi connectivity index (χ1) is 12.1. The first kappa shape index (κ1) is 16.1. The molecule has 0 bridgehead atoms. The second kappa shape index (κ2) is 6.50. The molecule has 6 nitrogen and oxygen atoms in total. The zero-order chi connectivity index (χ0) is 17.4. The molecule has 6 heteroatoms. The maximum Gasteiger partial charge on any atom is 0.241 e. The average molecular weight is 340 g/mol. The van der Waals surface area contributed by atoms with Crippen LogP contribution in [-0.2, 0) is 11.8 Å². The van der Waals surface area contributed by atoms with Crippen molar-refractivity contribution in [3.05, 3.63) is 24.2 Å². The van der Waals surface area contributed by atoms with Crippen LogP contribution in [0.15, 0.2) is 18.5 Å². The molecule has 0 radical (unpaired) electrons. The van der Waals surface area contributed by atoms with Crippen molar-refractivity contribution in [2.24, 2.45) is 13.0 Å². The number of allylic oxidation sites excluding steroid dienone is 2. The summed E-state index contributed by atoms with van der Waals surface area (Å²) in [5.74, 6) is 0.890. The average Bonchev–Trinajstić information content (AvgIpc) is 3.22. The Morgan fingerprint density at radius 3 is 3.00 bits per heavy atom. The van der Waals surface area contributed by atoms with Crippen LogP contribution in [0.1, 0.15) is 44.7 Å². The van der Waals surface area contributed by atoms with Crippen LogP contribution < -0.4 is 10.1 Å². The molecule has 1 fully saturated rings. The fourth-order valence-corrected chi connectivity index (χ4v) is 3.69. The van der Waals surface area contributed by atoms with Gasteiger partial charge in [0.15, 0.2) is 0 Å². The maximum atomic E-state index is 11.5. The van der Waals surface area contributed by atoms with Crippen LogP contribution in [0.2, 0.25) is 0 Å². The van der Waals surface area contributed by atoms with Crippen molar-refractivity contribution < 1.29 is 9.53 Å². The van der Waals surface area contributed by atoms with E-state index in [1.165, 1.54) is 18.4 Å². The molecule has 1 unspecified atom stereocenters. The quantitative estimate of drug-likeness (QED) is 0.929. The summed E-state index contributed by atoms with van der Waals surface area (Å²) in [6.45, 7) is 2.68. The number of nitrogens with zero attached hydrogens (tertiary/aromatic N) is 3. The molecule has 132 valence electrons. The molecule has 4 rings (SSSR count). The molecule has 25 heavy (non-hydrogen) atoms. The topological polar surface area (TPSA) is 69.0 Å². The van der Waals surface area contributed by atoms with Crippen molar-refractivity contribution in [3.63, 3.8) is 0 Å². The lowest BCUT2D eigenvalue weighted by Gasteiger charge is -2.20. The predicted molar refractivity (Wildman–Crippen MR) is 96.2 cm³/mol. The molecule has 2 aromatic heterocycles. The van der Waals surface area contributed by atoms with Crippen LogP contribution in [0.5, 0.6) is 5.88 Å². The number of rotatable bonds is 4. The highest BCUT2D eigenvalue weighted by atomic mass is 16.5. The van der Waals surface area contributed by atoms with Crippen LogP contribution in [0.4, 0.5) is 0 Å². The van der Waals surface area contributed by atoms with E-state index in [2.05, 4.69) is 22.4 Å². The number of hydrogen-bond donors (Lipinski definition) is 1. The number of pyridine rings is 1. The van der Waals surface area contributed by atoms with Gasteiger partial charge in [0.2, 0.25) is 11.8 Å². The Bertz CT molecular complexity index is 839. The first-order valence-electron chi connectivity index (χ1n) is 9.06. The highest BCUT2D eigenvalue weighted by Gasteiger charge is 2.29. The van der Waals surface area contributed by atoms with E-state index >= 15 is 0 Å².